The van der Waals surface area contributed by atoms with Gasteiger partial charge in [0.05, 0.1) is 16.6 Å². The molecule has 1 N–H and O–H groups in total. The number of nitrogens with zero attached hydrogens (tertiary/aromatic N) is 1. The minimum atomic E-state index is -1.53. The molecule has 0 spiro atoms. The molecule has 0 radical (unpaired) electrons. The maximum Gasteiger partial charge on any atom is 0.338 e. The van der Waals surface area contributed by atoms with E-state index < -0.39 is 28.0 Å². The standard InChI is InChI=1S/C13H7FINO5/c14-10-6-11(16(19)20)12(5-9(10)13(17)18)21-8-3-1-7(15)2-4-8/h1-6H,(H,17,18). The molecule has 0 bridgehead atoms. The Labute approximate surface area is 131 Å². The molecule has 0 heterocycles. The summed E-state index contributed by atoms with van der Waals surface area (Å²) in [5.74, 6) is -2.78. The van der Waals surface area contributed by atoms with Crippen LogP contribution in [-0.2, 0) is 0 Å². The fraction of sp³-hybridized carbons (Fsp3) is 0. The summed E-state index contributed by atoms with van der Waals surface area (Å²) in [5.41, 5.74) is -1.34. The third-order valence-corrected chi connectivity index (χ3v) is 3.24. The lowest BCUT2D eigenvalue weighted by atomic mass is 10.1. The van der Waals surface area contributed by atoms with Crippen LogP contribution < -0.4 is 4.74 Å². The zero-order valence-corrected chi connectivity index (χ0v) is 12.4. The molecule has 0 unspecified atom stereocenters. The van der Waals surface area contributed by atoms with Crippen molar-refractivity contribution in [2.45, 2.75) is 0 Å². The number of benzene rings is 2. The van der Waals surface area contributed by atoms with E-state index >= 15 is 0 Å². The lowest BCUT2D eigenvalue weighted by molar-refractivity contribution is -0.385. The van der Waals surface area contributed by atoms with Crippen molar-refractivity contribution in [3.63, 3.8) is 0 Å². The Morgan fingerprint density at radius 3 is 2.43 bits per heavy atom. The van der Waals surface area contributed by atoms with Crippen molar-refractivity contribution in [1.82, 2.24) is 0 Å². The minimum Gasteiger partial charge on any atom is -0.478 e. The van der Waals surface area contributed by atoms with Crippen LogP contribution in [0.2, 0.25) is 0 Å². The van der Waals surface area contributed by atoms with Crippen molar-refractivity contribution in [2.24, 2.45) is 0 Å². The highest BCUT2D eigenvalue weighted by Gasteiger charge is 2.23. The van der Waals surface area contributed by atoms with Gasteiger partial charge in [-0.15, -0.1) is 0 Å². The number of nitro benzene ring substituents is 1. The maximum absolute atomic E-state index is 13.5. The number of rotatable bonds is 4. The van der Waals surface area contributed by atoms with Gasteiger partial charge in [0.25, 0.3) is 0 Å². The lowest BCUT2D eigenvalue weighted by Gasteiger charge is -2.08. The van der Waals surface area contributed by atoms with Crippen molar-refractivity contribution >= 4 is 34.2 Å². The fourth-order valence-electron chi connectivity index (χ4n) is 1.56. The number of carboxylic acid groups (broad SMARTS) is 1. The summed E-state index contributed by atoms with van der Waals surface area (Å²) in [7, 11) is 0. The predicted octanol–water partition coefficient (Wildman–Crippen LogP) is 3.83. The van der Waals surface area contributed by atoms with E-state index in [1.165, 1.54) is 0 Å². The SMILES string of the molecule is O=C(O)c1cc(Oc2ccc(I)cc2)c([N+](=O)[O-])cc1F. The molecular formula is C13H7FINO5. The van der Waals surface area contributed by atoms with Crippen LogP contribution in [0.4, 0.5) is 10.1 Å². The molecule has 0 saturated heterocycles. The van der Waals surface area contributed by atoms with Crippen LogP contribution in [0.15, 0.2) is 36.4 Å². The number of nitro groups is 1. The molecule has 0 aromatic heterocycles. The zero-order valence-electron chi connectivity index (χ0n) is 10.2. The molecule has 2 aromatic rings. The van der Waals surface area contributed by atoms with Gasteiger partial charge in [-0.25, -0.2) is 9.18 Å². The van der Waals surface area contributed by atoms with Crippen LogP contribution in [0.3, 0.4) is 0 Å². The van der Waals surface area contributed by atoms with Gasteiger partial charge in [-0.2, -0.15) is 0 Å². The normalized spacial score (nSPS) is 10.2. The first-order valence-electron chi connectivity index (χ1n) is 5.53. The van der Waals surface area contributed by atoms with Gasteiger partial charge in [0.1, 0.15) is 11.6 Å². The van der Waals surface area contributed by atoms with E-state index in [-0.39, 0.29) is 11.5 Å². The molecule has 0 atom stereocenters. The van der Waals surface area contributed by atoms with Gasteiger partial charge in [0, 0.05) is 9.64 Å². The molecule has 0 aliphatic carbocycles. The first-order valence-corrected chi connectivity index (χ1v) is 6.61. The van der Waals surface area contributed by atoms with Crippen LogP contribution in [-0.4, -0.2) is 16.0 Å². The Kier molecular flexibility index (Phi) is 4.36. The van der Waals surface area contributed by atoms with Gasteiger partial charge in [-0.3, -0.25) is 10.1 Å². The van der Waals surface area contributed by atoms with Crippen molar-refractivity contribution in [2.75, 3.05) is 0 Å². The molecule has 0 amide bonds. The molecule has 0 fully saturated rings. The zero-order chi connectivity index (χ0) is 15.6. The van der Waals surface area contributed by atoms with Crippen molar-refractivity contribution < 1.29 is 24.0 Å². The number of hydrogen-bond acceptors (Lipinski definition) is 4. The van der Waals surface area contributed by atoms with Gasteiger partial charge in [0.2, 0.25) is 5.75 Å². The van der Waals surface area contributed by atoms with E-state index in [0.717, 1.165) is 9.64 Å². The van der Waals surface area contributed by atoms with Crippen LogP contribution in [0, 0.1) is 19.5 Å². The van der Waals surface area contributed by atoms with Crippen LogP contribution in [0.1, 0.15) is 10.4 Å². The third-order valence-electron chi connectivity index (χ3n) is 2.52. The number of ether oxygens (including phenoxy) is 1. The first-order chi connectivity index (χ1) is 9.88. The number of hydrogen-bond donors (Lipinski definition) is 1. The van der Waals surface area contributed by atoms with Gasteiger partial charge in [0.15, 0.2) is 0 Å². The van der Waals surface area contributed by atoms with Crippen molar-refractivity contribution in [3.8, 4) is 11.5 Å². The van der Waals surface area contributed by atoms with Crippen molar-refractivity contribution in [3.05, 3.63) is 61.5 Å². The average molecular weight is 403 g/mol. The van der Waals surface area contributed by atoms with Crippen molar-refractivity contribution in [1.29, 1.82) is 0 Å². The molecule has 0 aliphatic rings. The van der Waals surface area contributed by atoms with Crippen LogP contribution in [0.5, 0.6) is 11.5 Å². The topological polar surface area (TPSA) is 89.7 Å². The van der Waals surface area contributed by atoms with E-state index in [9.17, 15) is 19.3 Å². The molecule has 2 aromatic carbocycles. The molecule has 0 saturated carbocycles. The van der Waals surface area contributed by atoms with Gasteiger partial charge in [-0.05, 0) is 46.9 Å². The summed E-state index contributed by atoms with van der Waals surface area (Å²) in [6.07, 6.45) is 0. The Balaban J connectivity index is 2.49. The van der Waals surface area contributed by atoms with Gasteiger partial charge in [-0.1, -0.05) is 0 Å². The minimum absolute atomic E-state index is 0.279. The summed E-state index contributed by atoms with van der Waals surface area (Å²) in [6, 6.07) is 7.89. The Bertz CT molecular complexity index is 717. The maximum atomic E-state index is 13.5. The quantitative estimate of drug-likeness (QED) is 0.476. The predicted molar refractivity (Wildman–Crippen MR) is 79.2 cm³/mol. The third kappa shape index (κ3) is 3.45. The smallest absolute Gasteiger partial charge is 0.338 e. The highest BCUT2D eigenvalue weighted by molar-refractivity contribution is 14.1. The summed E-state index contributed by atoms with van der Waals surface area (Å²) < 4.78 is 19.7. The number of carboxylic acids is 1. The number of aromatic carboxylic acids is 1. The number of halogens is 2. The Morgan fingerprint density at radius 2 is 1.90 bits per heavy atom. The van der Waals surface area contributed by atoms with Crippen LogP contribution in [0.25, 0.3) is 0 Å². The highest BCUT2D eigenvalue weighted by atomic mass is 127. The average Bonchev–Trinajstić information content (AvgIpc) is 2.42. The second kappa shape index (κ2) is 6.04. The first kappa shape index (κ1) is 15.2. The van der Waals surface area contributed by atoms with E-state index in [1.54, 1.807) is 24.3 Å². The molecule has 0 aliphatic heterocycles. The largest absolute Gasteiger partial charge is 0.478 e. The molecular weight excluding hydrogens is 396 g/mol. The van der Waals surface area contributed by atoms with E-state index in [4.69, 9.17) is 9.84 Å². The molecule has 6 nitrogen and oxygen atoms in total. The van der Waals surface area contributed by atoms with Gasteiger partial charge >= 0.3 is 11.7 Å². The second-order valence-corrected chi connectivity index (χ2v) is 5.16. The molecule has 21 heavy (non-hydrogen) atoms. The molecule has 2 rings (SSSR count). The summed E-state index contributed by atoms with van der Waals surface area (Å²) in [6.45, 7) is 0. The second-order valence-electron chi connectivity index (χ2n) is 3.92. The van der Waals surface area contributed by atoms with Gasteiger partial charge < -0.3 is 9.84 Å². The van der Waals surface area contributed by atoms with E-state index in [0.29, 0.717) is 6.07 Å². The lowest BCUT2D eigenvalue weighted by Crippen LogP contribution is -2.03. The van der Waals surface area contributed by atoms with Crippen LogP contribution >= 0.6 is 22.6 Å². The molecule has 8 heteroatoms. The Hall–Kier alpha value is -2.23. The summed E-state index contributed by atoms with van der Waals surface area (Å²) >= 11 is 2.07. The number of carbonyl (C=O) groups is 1. The summed E-state index contributed by atoms with van der Waals surface area (Å²) in [5, 5.41) is 19.8. The fourth-order valence-corrected chi connectivity index (χ4v) is 1.92. The Morgan fingerprint density at radius 1 is 1.29 bits per heavy atom. The monoisotopic (exact) mass is 403 g/mol. The summed E-state index contributed by atoms with van der Waals surface area (Å²) in [4.78, 5) is 21.0. The molecule has 108 valence electrons. The highest BCUT2D eigenvalue weighted by Crippen LogP contribution is 2.33. The van der Waals surface area contributed by atoms with E-state index in [2.05, 4.69) is 22.6 Å². The van der Waals surface area contributed by atoms with E-state index in [1.807, 2.05) is 0 Å².